The minimum absolute atomic E-state index is 0.0914. The van der Waals surface area contributed by atoms with E-state index in [1.165, 1.54) is 20.3 Å². The highest BCUT2D eigenvalue weighted by molar-refractivity contribution is 9.10. The predicted molar refractivity (Wildman–Crippen MR) is 117 cm³/mol. The fourth-order valence-corrected chi connectivity index (χ4v) is 3.79. The summed E-state index contributed by atoms with van der Waals surface area (Å²) in [5, 5.41) is -0.589. The Hall–Kier alpha value is -3.11. The number of hydrogen-bond acceptors (Lipinski definition) is 8. The molecule has 1 heterocycles. The molecule has 2 aromatic carbocycles. The Bertz CT molecular complexity index is 1080. The lowest BCUT2D eigenvalue weighted by Crippen LogP contribution is -2.34. The van der Waals surface area contributed by atoms with Gasteiger partial charge in [-0.2, -0.15) is 0 Å². The number of amides is 2. The Kier molecular flexibility index (Phi) is 7.13. The number of imide groups is 1. The van der Waals surface area contributed by atoms with Crippen LogP contribution in [0.15, 0.2) is 51.8 Å². The standard InChI is InChI=1S/C21H16BrNO7S/c1-28-15-6-3-12(4-7-15)20(26)30-16-8-5-14(22)9-13(16)10-17-19(25)23(21(27)31-17)11-18(24)29-2/h3-10H,11H2,1-2H3/b17-10-. The number of methoxy groups -OCH3 is 2. The summed E-state index contributed by atoms with van der Waals surface area (Å²) in [5.41, 5.74) is 0.716. The predicted octanol–water partition coefficient (Wildman–Crippen LogP) is 3.89. The summed E-state index contributed by atoms with van der Waals surface area (Å²) in [4.78, 5) is 49.5. The van der Waals surface area contributed by atoms with Crippen LogP contribution >= 0.6 is 27.7 Å². The number of esters is 2. The molecule has 0 aliphatic carbocycles. The van der Waals surface area contributed by atoms with Crippen LogP contribution in [-0.2, 0) is 14.3 Å². The summed E-state index contributed by atoms with van der Waals surface area (Å²) in [7, 11) is 2.69. The third-order valence-electron chi connectivity index (χ3n) is 4.18. The molecule has 160 valence electrons. The van der Waals surface area contributed by atoms with Crippen LogP contribution in [0.25, 0.3) is 6.08 Å². The molecule has 1 aliphatic heterocycles. The maximum absolute atomic E-state index is 12.5. The van der Waals surface area contributed by atoms with Gasteiger partial charge < -0.3 is 14.2 Å². The van der Waals surface area contributed by atoms with Gasteiger partial charge in [-0.3, -0.25) is 19.3 Å². The first-order valence-corrected chi connectivity index (χ1v) is 10.4. The molecule has 2 amide bonds. The molecule has 0 radical (unpaired) electrons. The molecule has 0 spiro atoms. The normalized spacial score (nSPS) is 14.7. The van der Waals surface area contributed by atoms with Crippen LogP contribution in [0.2, 0.25) is 0 Å². The van der Waals surface area contributed by atoms with Crippen molar-refractivity contribution >= 4 is 56.9 Å². The molecular weight excluding hydrogens is 490 g/mol. The van der Waals surface area contributed by atoms with Gasteiger partial charge in [-0.15, -0.1) is 0 Å². The molecule has 8 nitrogen and oxygen atoms in total. The van der Waals surface area contributed by atoms with Crippen LogP contribution in [0.5, 0.6) is 11.5 Å². The minimum atomic E-state index is -0.708. The third-order valence-corrected chi connectivity index (χ3v) is 5.58. The summed E-state index contributed by atoms with van der Waals surface area (Å²) < 4.78 is 15.8. The van der Waals surface area contributed by atoms with Crippen molar-refractivity contribution in [1.82, 2.24) is 4.90 Å². The van der Waals surface area contributed by atoms with E-state index < -0.39 is 29.6 Å². The van der Waals surface area contributed by atoms with Crippen LogP contribution in [0.1, 0.15) is 15.9 Å². The van der Waals surface area contributed by atoms with E-state index >= 15 is 0 Å². The summed E-state index contributed by atoms with van der Waals surface area (Å²) in [6.45, 7) is -0.476. The first kappa shape index (κ1) is 22.6. The van der Waals surface area contributed by atoms with Crippen molar-refractivity contribution in [1.29, 1.82) is 0 Å². The average molecular weight is 506 g/mol. The Balaban J connectivity index is 1.86. The Labute approximate surface area is 190 Å². The number of rotatable bonds is 6. The van der Waals surface area contributed by atoms with Crippen molar-refractivity contribution in [3.63, 3.8) is 0 Å². The second kappa shape index (κ2) is 9.80. The third kappa shape index (κ3) is 5.33. The molecule has 0 saturated carbocycles. The number of nitrogens with zero attached hydrogens (tertiary/aromatic N) is 1. The molecule has 1 aliphatic rings. The monoisotopic (exact) mass is 505 g/mol. The van der Waals surface area contributed by atoms with E-state index in [9.17, 15) is 19.2 Å². The lowest BCUT2D eigenvalue weighted by Gasteiger charge is -2.10. The molecule has 1 saturated heterocycles. The zero-order valence-corrected chi connectivity index (χ0v) is 18.8. The first-order chi connectivity index (χ1) is 14.8. The van der Waals surface area contributed by atoms with Gasteiger partial charge in [0, 0.05) is 10.0 Å². The number of carbonyl (C=O) groups excluding carboxylic acids is 4. The fourth-order valence-electron chi connectivity index (χ4n) is 2.58. The Morgan fingerprint density at radius 2 is 1.81 bits per heavy atom. The summed E-state index contributed by atoms with van der Waals surface area (Å²) >= 11 is 4.02. The van der Waals surface area contributed by atoms with Crippen molar-refractivity contribution in [2.45, 2.75) is 0 Å². The number of ether oxygens (including phenoxy) is 3. The van der Waals surface area contributed by atoms with E-state index in [-0.39, 0.29) is 10.7 Å². The van der Waals surface area contributed by atoms with E-state index in [1.807, 2.05) is 0 Å². The number of thioether (sulfide) groups is 1. The van der Waals surface area contributed by atoms with Gasteiger partial charge in [-0.1, -0.05) is 15.9 Å². The topological polar surface area (TPSA) is 99.2 Å². The first-order valence-electron chi connectivity index (χ1n) is 8.80. The molecule has 2 aromatic rings. The second-order valence-electron chi connectivity index (χ2n) is 6.14. The number of hydrogen-bond donors (Lipinski definition) is 0. The summed E-state index contributed by atoms with van der Waals surface area (Å²) in [6, 6.07) is 11.3. The van der Waals surface area contributed by atoms with Crippen LogP contribution in [0.4, 0.5) is 4.79 Å². The number of benzene rings is 2. The molecular formula is C21H16BrNO7S. The Morgan fingerprint density at radius 3 is 2.45 bits per heavy atom. The van der Waals surface area contributed by atoms with E-state index in [0.29, 0.717) is 33.1 Å². The zero-order chi connectivity index (χ0) is 22.5. The average Bonchev–Trinajstić information content (AvgIpc) is 3.02. The molecule has 3 rings (SSSR count). The quantitative estimate of drug-likeness (QED) is 0.331. The zero-order valence-electron chi connectivity index (χ0n) is 16.4. The molecule has 0 N–H and O–H groups in total. The minimum Gasteiger partial charge on any atom is -0.497 e. The molecule has 0 unspecified atom stereocenters. The highest BCUT2D eigenvalue weighted by Gasteiger charge is 2.36. The second-order valence-corrected chi connectivity index (χ2v) is 8.05. The highest BCUT2D eigenvalue weighted by atomic mass is 79.9. The van der Waals surface area contributed by atoms with Gasteiger partial charge >= 0.3 is 11.9 Å². The van der Waals surface area contributed by atoms with E-state index in [1.54, 1.807) is 42.5 Å². The number of halogens is 1. The fraction of sp³-hybridized carbons (Fsp3) is 0.143. The SMILES string of the molecule is COC(=O)CN1C(=O)S/C(=C\c2cc(Br)ccc2OC(=O)c2ccc(OC)cc2)C1=O. The van der Waals surface area contributed by atoms with Crippen molar-refractivity contribution in [3.8, 4) is 11.5 Å². The van der Waals surface area contributed by atoms with Crippen molar-refractivity contribution < 1.29 is 33.4 Å². The molecule has 0 aromatic heterocycles. The molecule has 0 atom stereocenters. The van der Waals surface area contributed by atoms with Gasteiger partial charge in [0.15, 0.2) is 0 Å². The van der Waals surface area contributed by atoms with Gasteiger partial charge in [0.2, 0.25) is 0 Å². The smallest absolute Gasteiger partial charge is 0.343 e. The van der Waals surface area contributed by atoms with Crippen molar-refractivity contribution in [3.05, 3.63) is 63.0 Å². The molecule has 31 heavy (non-hydrogen) atoms. The van der Waals surface area contributed by atoms with E-state index in [4.69, 9.17) is 9.47 Å². The number of carbonyl (C=O) groups is 4. The molecule has 10 heteroatoms. The maximum atomic E-state index is 12.5. The van der Waals surface area contributed by atoms with Gasteiger partial charge in [0.05, 0.1) is 24.7 Å². The lowest BCUT2D eigenvalue weighted by molar-refractivity contribution is -0.143. The van der Waals surface area contributed by atoms with Crippen LogP contribution in [0, 0.1) is 0 Å². The van der Waals surface area contributed by atoms with E-state index in [0.717, 1.165) is 4.90 Å². The van der Waals surface area contributed by atoms with Crippen LogP contribution < -0.4 is 9.47 Å². The maximum Gasteiger partial charge on any atom is 0.343 e. The molecule has 1 fully saturated rings. The van der Waals surface area contributed by atoms with Crippen LogP contribution in [0.3, 0.4) is 0 Å². The Morgan fingerprint density at radius 1 is 1.10 bits per heavy atom. The largest absolute Gasteiger partial charge is 0.497 e. The van der Waals surface area contributed by atoms with Gasteiger partial charge in [0.1, 0.15) is 18.0 Å². The lowest BCUT2D eigenvalue weighted by atomic mass is 10.1. The van der Waals surface area contributed by atoms with Crippen molar-refractivity contribution in [2.75, 3.05) is 20.8 Å². The highest BCUT2D eigenvalue weighted by Crippen LogP contribution is 2.35. The van der Waals surface area contributed by atoms with Gasteiger partial charge in [0.25, 0.3) is 11.1 Å². The van der Waals surface area contributed by atoms with Gasteiger partial charge in [-0.25, -0.2) is 4.79 Å². The summed E-state index contributed by atoms with van der Waals surface area (Å²) in [6.07, 6.45) is 1.43. The van der Waals surface area contributed by atoms with Gasteiger partial charge in [-0.05, 0) is 60.3 Å². The van der Waals surface area contributed by atoms with E-state index in [2.05, 4.69) is 20.7 Å². The molecule has 0 bridgehead atoms. The summed E-state index contributed by atoms with van der Waals surface area (Å²) in [5.74, 6) is -1.14. The van der Waals surface area contributed by atoms with Crippen molar-refractivity contribution in [2.24, 2.45) is 0 Å². The van der Waals surface area contributed by atoms with Crippen LogP contribution in [-0.4, -0.2) is 48.7 Å².